The Morgan fingerprint density at radius 1 is 1.00 bits per heavy atom. The summed E-state index contributed by atoms with van der Waals surface area (Å²) in [7, 11) is 0. The molecule has 0 spiro atoms. The molecule has 10 heteroatoms. The first-order valence-electron chi connectivity index (χ1n) is 11.5. The van der Waals surface area contributed by atoms with Gasteiger partial charge in [0.15, 0.2) is 23.4 Å². The molecule has 8 nitrogen and oxygen atoms in total. The molecule has 2 aliphatic rings. The SMILES string of the molecule is O=C1/C(=c2\sc3nc(C4COc5ccccc5O4)nn3c2=O)c2cc(Br)ccc2N1Cc1ccccc1. The normalized spacial score (nSPS) is 17.9. The number of thiazole rings is 1. The van der Waals surface area contributed by atoms with E-state index < -0.39 is 6.10 Å². The molecule has 5 aromatic rings. The molecular formula is C27H17BrN4O4S. The number of amides is 1. The highest BCUT2D eigenvalue weighted by Gasteiger charge is 2.35. The average molecular weight is 573 g/mol. The van der Waals surface area contributed by atoms with Crippen LogP contribution in [-0.4, -0.2) is 27.1 Å². The molecule has 0 radical (unpaired) electrons. The average Bonchev–Trinajstić information content (AvgIpc) is 3.55. The number of halogens is 1. The van der Waals surface area contributed by atoms with Gasteiger partial charge in [0.2, 0.25) is 4.96 Å². The summed E-state index contributed by atoms with van der Waals surface area (Å²) in [6.07, 6.45) is -0.538. The van der Waals surface area contributed by atoms with Crippen molar-refractivity contribution in [2.75, 3.05) is 11.5 Å². The fraction of sp³-hybridized carbons (Fsp3) is 0.111. The number of benzene rings is 3. The molecule has 3 aromatic carbocycles. The van der Waals surface area contributed by atoms with Crippen molar-refractivity contribution >= 4 is 49.4 Å². The Balaban J connectivity index is 1.32. The molecule has 37 heavy (non-hydrogen) atoms. The topological polar surface area (TPSA) is 86.0 Å². The molecule has 0 N–H and O–H groups in total. The smallest absolute Gasteiger partial charge is 0.291 e. The zero-order valence-corrected chi connectivity index (χ0v) is 21.5. The van der Waals surface area contributed by atoms with Crippen molar-refractivity contribution in [2.45, 2.75) is 12.6 Å². The molecule has 0 bridgehead atoms. The second-order valence-electron chi connectivity index (χ2n) is 8.68. The van der Waals surface area contributed by atoms with Crippen molar-refractivity contribution in [1.82, 2.24) is 14.6 Å². The first-order chi connectivity index (χ1) is 18.1. The molecular weight excluding hydrogens is 556 g/mol. The van der Waals surface area contributed by atoms with Crippen LogP contribution in [0.15, 0.2) is 82.1 Å². The van der Waals surface area contributed by atoms with E-state index in [1.165, 1.54) is 4.52 Å². The Labute approximate surface area is 222 Å². The highest BCUT2D eigenvalue weighted by Crippen LogP contribution is 2.38. The highest BCUT2D eigenvalue weighted by atomic mass is 79.9. The van der Waals surface area contributed by atoms with E-state index >= 15 is 0 Å². The van der Waals surface area contributed by atoms with Crippen LogP contribution >= 0.6 is 27.3 Å². The Morgan fingerprint density at radius 2 is 1.78 bits per heavy atom. The van der Waals surface area contributed by atoms with Gasteiger partial charge in [0.25, 0.3) is 11.5 Å². The van der Waals surface area contributed by atoms with E-state index in [-0.39, 0.29) is 18.1 Å². The van der Waals surface area contributed by atoms with Crippen molar-refractivity contribution in [1.29, 1.82) is 0 Å². The number of rotatable bonds is 3. The summed E-state index contributed by atoms with van der Waals surface area (Å²) in [5.41, 5.74) is 2.45. The predicted molar refractivity (Wildman–Crippen MR) is 142 cm³/mol. The Bertz CT molecular complexity index is 1820. The Hall–Kier alpha value is -4.02. The predicted octanol–water partition coefficient (Wildman–Crippen LogP) is 3.89. The molecule has 2 aliphatic heterocycles. The lowest BCUT2D eigenvalue weighted by Crippen LogP contribution is -2.32. The van der Waals surface area contributed by atoms with Gasteiger partial charge < -0.3 is 14.4 Å². The van der Waals surface area contributed by atoms with Crippen LogP contribution in [0.25, 0.3) is 10.5 Å². The summed E-state index contributed by atoms with van der Waals surface area (Å²) in [6.45, 7) is 0.638. The van der Waals surface area contributed by atoms with Crippen molar-refractivity contribution in [2.24, 2.45) is 0 Å². The number of para-hydroxylation sites is 2. The van der Waals surface area contributed by atoms with Gasteiger partial charge in [-0.2, -0.15) is 9.50 Å². The van der Waals surface area contributed by atoms with Gasteiger partial charge in [0, 0.05) is 10.0 Å². The standard InChI is InChI=1S/C27H17BrN4O4S/c28-16-10-11-18-17(12-16)22(25(33)31(18)13-15-6-2-1-3-7-15)23-26(34)32-27(37-23)29-24(30-32)21-14-35-19-8-4-5-9-20(19)36-21/h1-12,21H,13-14H2/b23-22-. The van der Waals surface area contributed by atoms with Gasteiger partial charge >= 0.3 is 0 Å². The molecule has 0 fully saturated rings. The highest BCUT2D eigenvalue weighted by molar-refractivity contribution is 9.10. The molecule has 0 saturated heterocycles. The number of carbonyl (C=O) groups excluding carboxylic acids is 1. The molecule has 1 amide bonds. The van der Waals surface area contributed by atoms with Gasteiger partial charge in [0.05, 0.1) is 17.8 Å². The molecule has 1 atom stereocenters. The number of ether oxygens (including phenoxy) is 2. The second-order valence-corrected chi connectivity index (χ2v) is 10.6. The van der Waals surface area contributed by atoms with Crippen LogP contribution in [0.3, 0.4) is 0 Å². The minimum atomic E-state index is -0.538. The van der Waals surface area contributed by atoms with Gasteiger partial charge in [0.1, 0.15) is 11.1 Å². The van der Waals surface area contributed by atoms with Crippen LogP contribution in [0.4, 0.5) is 5.69 Å². The second kappa shape index (κ2) is 8.53. The molecule has 4 heterocycles. The molecule has 182 valence electrons. The number of carbonyl (C=O) groups is 1. The third-order valence-corrected chi connectivity index (χ3v) is 7.88. The van der Waals surface area contributed by atoms with E-state index in [9.17, 15) is 9.59 Å². The maximum atomic E-state index is 13.7. The zero-order chi connectivity index (χ0) is 25.1. The van der Waals surface area contributed by atoms with Crippen molar-refractivity contribution in [3.8, 4) is 11.5 Å². The largest absolute Gasteiger partial charge is 0.485 e. The van der Waals surface area contributed by atoms with E-state index in [4.69, 9.17) is 9.47 Å². The third-order valence-electron chi connectivity index (χ3n) is 6.36. The van der Waals surface area contributed by atoms with Crippen LogP contribution in [0.2, 0.25) is 0 Å². The van der Waals surface area contributed by atoms with Crippen LogP contribution in [0.5, 0.6) is 11.5 Å². The lowest BCUT2D eigenvalue weighted by atomic mass is 10.1. The first-order valence-corrected chi connectivity index (χ1v) is 13.2. The minimum absolute atomic E-state index is 0.223. The summed E-state index contributed by atoms with van der Waals surface area (Å²) in [6, 6.07) is 22.8. The van der Waals surface area contributed by atoms with Gasteiger partial charge in [-0.3, -0.25) is 9.59 Å². The van der Waals surface area contributed by atoms with E-state index in [1.54, 1.807) is 4.90 Å². The van der Waals surface area contributed by atoms with Gasteiger partial charge in [-0.25, -0.2) is 0 Å². The molecule has 7 rings (SSSR count). The third kappa shape index (κ3) is 3.63. The number of hydrogen-bond acceptors (Lipinski definition) is 7. The Kier molecular flexibility index (Phi) is 5.12. The van der Waals surface area contributed by atoms with Crippen LogP contribution < -0.4 is 24.5 Å². The zero-order valence-electron chi connectivity index (χ0n) is 19.1. The van der Waals surface area contributed by atoms with Crippen molar-refractivity contribution < 1.29 is 14.3 Å². The monoisotopic (exact) mass is 572 g/mol. The summed E-state index contributed by atoms with van der Waals surface area (Å²) in [5.74, 6) is 1.40. The maximum absolute atomic E-state index is 13.7. The van der Waals surface area contributed by atoms with E-state index in [2.05, 4.69) is 26.0 Å². The number of anilines is 1. The van der Waals surface area contributed by atoms with Crippen molar-refractivity contribution in [3.63, 3.8) is 0 Å². The molecule has 1 unspecified atom stereocenters. The molecule has 0 aliphatic carbocycles. The lowest BCUT2D eigenvalue weighted by Gasteiger charge is -2.24. The van der Waals surface area contributed by atoms with Crippen molar-refractivity contribution in [3.05, 3.63) is 109 Å². The molecule has 0 saturated carbocycles. The maximum Gasteiger partial charge on any atom is 0.291 e. The number of fused-ring (bicyclic) bond motifs is 3. The van der Waals surface area contributed by atoms with Gasteiger partial charge in [-0.05, 0) is 35.9 Å². The fourth-order valence-electron chi connectivity index (χ4n) is 4.63. The minimum Gasteiger partial charge on any atom is -0.485 e. The summed E-state index contributed by atoms with van der Waals surface area (Å²) in [5, 5.41) is 4.44. The van der Waals surface area contributed by atoms with Crippen LogP contribution in [0.1, 0.15) is 23.1 Å². The Morgan fingerprint density at radius 3 is 2.59 bits per heavy atom. The first kappa shape index (κ1) is 22.2. The van der Waals surface area contributed by atoms with Crippen LogP contribution in [0, 0.1) is 0 Å². The van der Waals surface area contributed by atoms with Gasteiger partial charge in [-0.1, -0.05) is 69.7 Å². The molecule has 2 aromatic heterocycles. The van der Waals surface area contributed by atoms with E-state index in [0.717, 1.165) is 27.1 Å². The number of nitrogens with zero attached hydrogens (tertiary/aromatic N) is 4. The van der Waals surface area contributed by atoms with Crippen LogP contribution in [-0.2, 0) is 11.3 Å². The number of hydrogen-bond donors (Lipinski definition) is 0. The summed E-state index contributed by atoms with van der Waals surface area (Å²) in [4.78, 5) is 33.9. The van der Waals surface area contributed by atoms with E-state index in [1.807, 2.05) is 72.8 Å². The fourth-order valence-corrected chi connectivity index (χ4v) is 6.00. The lowest BCUT2D eigenvalue weighted by molar-refractivity contribution is -0.113. The summed E-state index contributed by atoms with van der Waals surface area (Å²) < 4.78 is 14.2. The quantitative estimate of drug-likeness (QED) is 0.326. The van der Waals surface area contributed by atoms with E-state index in [0.29, 0.717) is 44.5 Å². The number of aromatic nitrogens is 3. The summed E-state index contributed by atoms with van der Waals surface area (Å²) >= 11 is 4.66. The van der Waals surface area contributed by atoms with Gasteiger partial charge in [-0.15, -0.1) is 5.10 Å².